The maximum Gasteiger partial charge on any atom is 0.418 e. The van der Waals surface area contributed by atoms with Gasteiger partial charge in [0.2, 0.25) is 17.7 Å². The molecule has 3 aliphatic heterocycles. The summed E-state index contributed by atoms with van der Waals surface area (Å²) in [4.78, 5) is 56.0. The number of pyridine rings is 1. The van der Waals surface area contributed by atoms with Crippen molar-refractivity contribution in [1.82, 2.24) is 19.7 Å². The summed E-state index contributed by atoms with van der Waals surface area (Å²) in [7, 11) is 5.06. The highest BCUT2D eigenvalue weighted by Gasteiger charge is 2.38. The first-order valence-corrected chi connectivity index (χ1v) is 20.2. The molecule has 2 unspecified atom stereocenters. The quantitative estimate of drug-likeness (QED) is 0.185. The third-order valence-electron chi connectivity index (χ3n) is 12.2. The van der Waals surface area contributed by atoms with Crippen molar-refractivity contribution in [2.75, 3.05) is 57.1 Å². The Bertz CT molecular complexity index is 2270. The summed E-state index contributed by atoms with van der Waals surface area (Å²) in [5, 5.41) is 6.32. The van der Waals surface area contributed by atoms with Gasteiger partial charge in [-0.3, -0.25) is 29.4 Å². The van der Waals surface area contributed by atoms with Crippen molar-refractivity contribution >= 4 is 45.4 Å². The molecule has 2 aromatic carbocycles. The van der Waals surface area contributed by atoms with Crippen LogP contribution in [0, 0.1) is 5.92 Å². The number of carbonyl (C=O) groups excluding carboxylic acids is 3. The largest absolute Gasteiger partial charge is 0.501 e. The van der Waals surface area contributed by atoms with E-state index in [1.165, 1.54) is 22.8 Å². The zero-order valence-corrected chi connectivity index (χ0v) is 33.5. The van der Waals surface area contributed by atoms with Gasteiger partial charge in [0.05, 0.1) is 12.7 Å². The third-order valence-corrected chi connectivity index (χ3v) is 12.2. The number of nitrogens with one attached hydrogen (secondary N) is 2. The number of anilines is 2. The number of allylic oxidation sites excluding steroid dienone is 5. The number of imide groups is 1. The molecule has 0 radical (unpaired) electrons. The first-order valence-electron chi connectivity index (χ1n) is 20.2. The zero-order chi connectivity index (χ0) is 42.0. The zero-order valence-electron chi connectivity index (χ0n) is 33.5. The predicted molar refractivity (Wildman–Crippen MR) is 218 cm³/mol. The number of aryl methyl sites for hydroxylation is 1. The number of rotatable bonds is 9. The van der Waals surface area contributed by atoms with Gasteiger partial charge < -0.3 is 24.4 Å². The summed E-state index contributed by atoms with van der Waals surface area (Å²) in [6.07, 6.45) is 4.09. The summed E-state index contributed by atoms with van der Waals surface area (Å²) < 4.78 is 66.4. The third kappa shape index (κ3) is 9.24. The molecule has 4 heterocycles. The Kier molecular flexibility index (Phi) is 12.3. The molecule has 15 heteroatoms. The molecule has 3 fully saturated rings. The van der Waals surface area contributed by atoms with Gasteiger partial charge in [0.25, 0.3) is 5.56 Å². The van der Waals surface area contributed by atoms with Crippen LogP contribution < -0.4 is 21.1 Å². The highest BCUT2D eigenvalue weighted by atomic mass is 19.4. The van der Waals surface area contributed by atoms with Gasteiger partial charge in [-0.25, -0.2) is 4.39 Å². The van der Waals surface area contributed by atoms with Crippen LogP contribution in [0.25, 0.3) is 16.3 Å². The number of nitrogens with zero attached hydrogens (tertiary/aromatic N) is 4. The second kappa shape index (κ2) is 17.4. The fourth-order valence-electron chi connectivity index (χ4n) is 8.81. The van der Waals surface area contributed by atoms with E-state index in [1.807, 2.05) is 36.2 Å². The number of alkyl halides is 3. The number of piperidine rings is 2. The molecular weight excluding hydrogens is 769 g/mol. The van der Waals surface area contributed by atoms with E-state index in [0.717, 1.165) is 36.4 Å². The highest BCUT2D eigenvalue weighted by Crippen LogP contribution is 2.40. The molecule has 59 heavy (non-hydrogen) atoms. The molecule has 2 N–H and O–H groups in total. The Balaban J connectivity index is 0.967. The van der Waals surface area contributed by atoms with Crippen molar-refractivity contribution < 1.29 is 36.7 Å². The Labute approximate surface area is 340 Å². The molecule has 314 valence electrons. The standard InChI is InChI=1S/C44H50F4N6O5/c1-51-26-35(33-8-4-5-9-34(33)43(51)58)28-21-32(59-3)22-29(37(45)23-28)25-53-17-6-7-31(16-18-53)52(2)42(57)27-14-19-54(20-15-27)39-12-10-30(24-36(39)44(46,47)48)49-38-11-13-40(55)50-41(38)56/h4-5,8-10,12,21,23-24,26-27,31,38,49H,6-7,11,13-20,22,25H2,1-3H3,(H,50,55,56). The van der Waals surface area contributed by atoms with Crippen molar-refractivity contribution in [3.05, 3.63) is 99.5 Å². The average Bonchev–Trinajstić information content (AvgIpc) is 3.55. The van der Waals surface area contributed by atoms with Crippen LogP contribution in [-0.2, 0) is 32.3 Å². The molecule has 7 rings (SSSR count). The summed E-state index contributed by atoms with van der Waals surface area (Å²) >= 11 is 0. The minimum absolute atomic E-state index is 0.0149. The van der Waals surface area contributed by atoms with Crippen LogP contribution in [0.15, 0.2) is 82.8 Å². The second-order valence-corrected chi connectivity index (χ2v) is 16.0. The van der Waals surface area contributed by atoms with Gasteiger partial charge in [0.15, 0.2) is 0 Å². The normalized spacial score (nSPS) is 21.4. The first-order chi connectivity index (χ1) is 28.2. The molecular formula is C44H50F4N6O5. The molecule has 11 nitrogen and oxygen atoms in total. The van der Waals surface area contributed by atoms with Crippen LogP contribution in [-0.4, -0.2) is 91.1 Å². The van der Waals surface area contributed by atoms with Crippen molar-refractivity contribution in [2.24, 2.45) is 13.0 Å². The number of likely N-dealkylation sites (tertiary alicyclic amines) is 1. The second-order valence-electron chi connectivity index (χ2n) is 16.0. The van der Waals surface area contributed by atoms with Gasteiger partial charge in [-0.05, 0) is 98.0 Å². The molecule has 3 amide bonds. The number of aromatic nitrogens is 1. The van der Waals surface area contributed by atoms with E-state index in [9.17, 15) is 32.3 Å². The SMILES string of the molecule is COC1=CC(c2cn(C)c(=O)c3ccccc23)=CC(F)=C(CN2CCCC(N(C)C(=O)C3CCN(c4ccc(NC5CCC(=O)NC5=O)cc4C(F)(F)F)CC3)CC2)C1. The van der Waals surface area contributed by atoms with E-state index in [4.69, 9.17) is 4.74 Å². The van der Waals surface area contributed by atoms with Gasteiger partial charge in [0, 0.05) is 93.6 Å². The number of halogens is 4. The van der Waals surface area contributed by atoms with Crippen molar-refractivity contribution in [1.29, 1.82) is 0 Å². The van der Waals surface area contributed by atoms with E-state index in [1.54, 1.807) is 31.3 Å². The van der Waals surface area contributed by atoms with Gasteiger partial charge in [0.1, 0.15) is 17.6 Å². The van der Waals surface area contributed by atoms with E-state index in [0.29, 0.717) is 54.6 Å². The van der Waals surface area contributed by atoms with Crippen LogP contribution in [0.5, 0.6) is 0 Å². The summed E-state index contributed by atoms with van der Waals surface area (Å²) in [5.41, 5.74) is 1.12. The number of methoxy groups -OCH3 is 1. The lowest BCUT2D eigenvalue weighted by molar-refractivity contribution is -0.138. The molecule has 4 aliphatic rings. The monoisotopic (exact) mass is 818 g/mol. The van der Waals surface area contributed by atoms with Crippen LogP contribution in [0.2, 0.25) is 0 Å². The molecule has 0 spiro atoms. The molecule has 0 bridgehead atoms. The highest BCUT2D eigenvalue weighted by molar-refractivity contribution is 6.01. The summed E-state index contributed by atoms with van der Waals surface area (Å²) in [6, 6.07) is 10.4. The maximum atomic E-state index is 16.1. The smallest absolute Gasteiger partial charge is 0.418 e. The number of hydrogen-bond acceptors (Lipinski definition) is 8. The van der Waals surface area contributed by atoms with Gasteiger partial charge in [-0.2, -0.15) is 13.2 Å². The predicted octanol–water partition coefficient (Wildman–Crippen LogP) is 6.54. The molecule has 3 saturated heterocycles. The fourth-order valence-corrected chi connectivity index (χ4v) is 8.81. The topological polar surface area (TPSA) is 116 Å². The summed E-state index contributed by atoms with van der Waals surface area (Å²) in [6.45, 7) is 2.32. The van der Waals surface area contributed by atoms with Crippen molar-refractivity contribution in [2.45, 2.75) is 69.6 Å². The Morgan fingerprint density at radius 3 is 2.42 bits per heavy atom. The minimum Gasteiger partial charge on any atom is -0.501 e. The minimum atomic E-state index is -4.65. The molecule has 1 aromatic heterocycles. The first kappa shape index (κ1) is 41.7. The molecule has 1 aliphatic carbocycles. The maximum absolute atomic E-state index is 16.1. The van der Waals surface area contributed by atoms with Gasteiger partial charge in [-0.1, -0.05) is 18.2 Å². The number of carbonyl (C=O) groups is 3. The van der Waals surface area contributed by atoms with Crippen molar-refractivity contribution in [3.8, 4) is 0 Å². The number of fused-ring (bicyclic) bond motifs is 1. The van der Waals surface area contributed by atoms with Crippen LogP contribution >= 0.6 is 0 Å². The van der Waals surface area contributed by atoms with E-state index >= 15 is 4.39 Å². The number of amides is 3. The van der Waals surface area contributed by atoms with Crippen molar-refractivity contribution in [3.63, 3.8) is 0 Å². The van der Waals surface area contributed by atoms with E-state index in [-0.39, 0.29) is 73.0 Å². The lowest BCUT2D eigenvalue weighted by atomic mass is 9.93. The van der Waals surface area contributed by atoms with Crippen LogP contribution in [0.1, 0.15) is 62.5 Å². The number of hydrogen-bond donors (Lipinski definition) is 2. The molecule has 0 saturated carbocycles. The van der Waals surface area contributed by atoms with E-state index in [2.05, 4.69) is 15.5 Å². The summed E-state index contributed by atoms with van der Waals surface area (Å²) in [5.74, 6) is -1.06. The number of benzene rings is 2. The molecule has 2 atom stereocenters. The lowest BCUT2D eigenvalue weighted by Gasteiger charge is -2.37. The van der Waals surface area contributed by atoms with Gasteiger partial charge >= 0.3 is 6.18 Å². The fraction of sp³-hybridized carbons (Fsp3) is 0.455. The Hall–Kier alpha value is -5.44. The molecule has 3 aromatic rings. The van der Waals surface area contributed by atoms with Gasteiger partial charge in [-0.15, -0.1) is 0 Å². The number of ether oxygens (including phenoxy) is 1. The lowest BCUT2D eigenvalue weighted by Crippen LogP contribution is -2.47. The van der Waals surface area contributed by atoms with E-state index < -0.39 is 29.6 Å². The Morgan fingerprint density at radius 2 is 1.71 bits per heavy atom. The average molecular weight is 819 g/mol. The van der Waals surface area contributed by atoms with Crippen LogP contribution in [0.3, 0.4) is 0 Å². The van der Waals surface area contributed by atoms with Crippen LogP contribution in [0.4, 0.5) is 28.9 Å². The Morgan fingerprint density at radius 1 is 0.966 bits per heavy atom.